The van der Waals surface area contributed by atoms with Crippen LogP contribution >= 0.6 is 11.6 Å². The van der Waals surface area contributed by atoms with Crippen LogP contribution in [0.1, 0.15) is 41.4 Å². The number of benzene rings is 3. The number of imidazole rings is 1. The molecule has 1 aliphatic heterocycles. The van der Waals surface area contributed by atoms with Crippen LogP contribution in [0.4, 0.5) is 5.69 Å². The van der Waals surface area contributed by atoms with Crippen molar-refractivity contribution in [1.82, 2.24) is 8.97 Å². The van der Waals surface area contributed by atoms with Gasteiger partial charge in [-0.2, -0.15) is 0 Å². The van der Waals surface area contributed by atoms with E-state index in [4.69, 9.17) is 16.3 Å². The van der Waals surface area contributed by atoms with E-state index in [1.165, 1.54) is 11.1 Å². The van der Waals surface area contributed by atoms with Crippen LogP contribution in [0.3, 0.4) is 0 Å². The third-order valence-electron chi connectivity index (χ3n) is 7.49. The monoisotopic (exact) mass is 523 g/mol. The molecule has 5 aromatic rings. The summed E-state index contributed by atoms with van der Waals surface area (Å²) in [6, 6.07) is 24.0. The fourth-order valence-corrected chi connectivity index (χ4v) is 5.67. The summed E-state index contributed by atoms with van der Waals surface area (Å²) in [7, 11) is 1.68. The van der Waals surface area contributed by atoms with Gasteiger partial charge in [-0.25, -0.2) is 0 Å². The van der Waals surface area contributed by atoms with Gasteiger partial charge in [0, 0.05) is 34.6 Å². The molecule has 0 atom stereocenters. The number of hydrogen-bond donors (Lipinski definition) is 1. The molecule has 192 valence electrons. The molecule has 1 N–H and O–H groups in total. The van der Waals surface area contributed by atoms with E-state index >= 15 is 0 Å². The molecule has 1 aliphatic rings. The Hall–Kier alpha value is -3.96. The number of nitrogens with one attached hydrogen (secondary N) is 1. The maximum Gasteiger partial charge on any atom is 0.273 e. The first-order chi connectivity index (χ1) is 18.6. The van der Waals surface area contributed by atoms with Crippen molar-refractivity contribution >= 4 is 28.8 Å². The van der Waals surface area contributed by atoms with E-state index in [1.54, 1.807) is 19.2 Å². The van der Waals surface area contributed by atoms with Crippen LogP contribution in [0.5, 0.6) is 5.75 Å². The molecule has 1 amide bonds. The number of carbonyl (C=O) groups excluding carboxylic acids is 1. The molecule has 0 unspecified atom stereocenters. The molecule has 6 heteroatoms. The first-order valence-electron chi connectivity index (χ1n) is 13.1. The summed E-state index contributed by atoms with van der Waals surface area (Å²) in [6.45, 7) is 3.06. The SMILES string of the molecule is CCc1ccc(-c2c3c4n(c(-c5ccc(OC)cc5)cn4c2C(=O)Nc2ccc(Cl)cc2)CCCC3)cc1. The number of rotatable bonds is 6. The van der Waals surface area contributed by atoms with Crippen molar-refractivity contribution in [2.24, 2.45) is 0 Å². The average molecular weight is 524 g/mol. The molecule has 5 nitrogen and oxygen atoms in total. The molecule has 0 bridgehead atoms. The summed E-state index contributed by atoms with van der Waals surface area (Å²) in [5.41, 5.74) is 9.26. The minimum Gasteiger partial charge on any atom is -0.497 e. The summed E-state index contributed by atoms with van der Waals surface area (Å²) in [5.74, 6) is 0.687. The van der Waals surface area contributed by atoms with Gasteiger partial charge in [0.1, 0.15) is 17.1 Å². The lowest BCUT2D eigenvalue weighted by molar-refractivity contribution is 0.102. The molecule has 0 fully saturated rings. The molecule has 0 radical (unpaired) electrons. The molecule has 0 aliphatic carbocycles. The molecule has 3 heterocycles. The number of aromatic nitrogens is 2. The summed E-state index contributed by atoms with van der Waals surface area (Å²) in [5, 5.41) is 3.76. The Labute approximate surface area is 227 Å². The predicted molar refractivity (Wildman–Crippen MR) is 155 cm³/mol. The molecule has 0 saturated heterocycles. The zero-order chi connectivity index (χ0) is 26.2. The maximum atomic E-state index is 14.0. The first kappa shape index (κ1) is 24.4. The van der Waals surface area contributed by atoms with Crippen LogP contribution in [0, 0.1) is 0 Å². The van der Waals surface area contributed by atoms with Gasteiger partial charge in [0.25, 0.3) is 5.91 Å². The average Bonchev–Trinajstić information content (AvgIpc) is 3.37. The fraction of sp³-hybridized carbons (Fsp3) is 0.219. The van der Waals surface area contributed by atoms with Gasteiger partial charge in [0.05, 0.1) is 12.8 Å². The van der Waals surface area contributed by atoms with Crippen molar-refractivity contribution in [2.45, 2.75) is 39.2 Å². The molecule has 0 saturated carbocycles. The Kier molecular flexibility index (Phi) is 6.46. The summed E-state index contributed by atoms with van der Waals surface area (Å²) < 4.78 is 9.87. The Bertz CT molecular complexity index is 1610. The van der Waals surface area contributed by atoms with Crippen LogP contribution in [-0.4, -0.2) is 22.0 Å². The highest BCUT2D eigenvalue weighted by Crippen LogP contribution is 2.40. The highest BCUT2D eigenvalue weighted by Gasteiger charge is 2.29. The third-order valence-corrected chi connectivity index (χ3v) is 7.74. The number of methoxy groups -OCH3 is 1. The number of carbonyl (C=O) groups is 1. The van der Waals surface area contributed by atoms with E-state index in [2.05, 4.69) is 63.8 Å². The number of hydrogen-bond acceptors (Lipinski definition) is 2. The van der Waals surface area contributed by atoms with E-state index in [9.17, 15) is 4.79 Å². The van der Waals surface area contributed by atoms with Gasteiger partial charge in [0.2, 0.25) is 0 Å². The Morgan fingerprint density at radius 2 is 1.66 bits per heavy atom. The summed E-state index contributed by atoms with van der Waals surface area (Å²) in [6.07, 6.45) is 6.18. The molecule has 6 rings (SSSR count). The normalized spacial score (nSPS) is 12.9. The second-order valence-corrected chi connectivity index (χ2v) is 10.2. The minimum absolute atomic E-state index is 0.137. The van der Waals surface area contributed by atoms with Gasteiger partial charge in [0.15, 0.2) is 0 Å². The van der Waals surface area contributed by atoms with E-state index in [-0.39, 0.29) is 5.91 Å². The van der Waals surface area contributed by atoms with Crippen LogP contribution in [0.15, 0.2) is 79.0 Å². The second-order valence-electron chi connectivity index (χ2n) is 9.76. The van der Waals surface area contributed by atoms with Crippen LogP contribution < -0.4 is 10.1 Å². The topological polar surface area (TPSA) is 47.7 Å². The quantitative estimate of drug-likeness (QED) is 0.246. The molecule has 38 heavy (non-hydrogen) atoms. The zero-order valence-corrected chi connectivity index (χ0v) is 22.4. The standard InChI is InChI=1S/C32H30ClN3O2/c1-3-21-7-9-23(10-8-21)29-27-6-4-5-19-35-28(22-11-17-26(38-2)18-12-22)20-36(32(27)35)30(29)31(37)34-25-15-13-24(33)14-16-25/h7-18,20H,3-6,19H2,1-2H3,(H,34,37). The van der Waals surface area contributed by atoms with E-state index in [0.29, 0.717) is 16.4 Å². The maximum absolute atomic E-state index is 14.0. The summed E-state index contributed by atoms with van der Waals surface area (Å²) in [4.78, 5) is 14.0. The van der Waals surface area contributed by atoms with E-state index in [1.807, 2.05) is 24.3 Å². The van der Waals surface area contributed by atoms with Crippen molar-refractivity contribution in [3.05, 3.63) is 101 Å². The largest absolute Gasteiger partial charge is 0.497 e. The van der Waals surface area contributed by atoms with Crippen LogP contribution in [0.25, 0.3) is 28.0 Å². The minimum atomic E-state index is -0.137. The van der Waals surface area contributed by atoms with Gasteiger partial charge >= 0.3 is 0 Å². The Balaban J connectivity index is 1.57. The predicted octanol–water partition coefficient (Wildman–Crippen LogP) is 7.89. The molecular formula is C32H30ClN3O2. The molecule has 2 aromatic heterocycles. The van der Waals surface area contributed by atoms with Crippen molar-refractivity contribution < 1.29 is 9.53 Å². The number of ether oxygens (including phenoxy) is 1. The first-order valence-corrected chi connectivity index (χ1v) is 13.5. The van der Waals surface area contributed by atoms with Gasteiger partial charge in [-0.05, 0) is 90.9 Å². The second kappa shape index (κ2) is 10.1. The Morgan fingerprint density at radius 3 is 2.34 bits per heavy atom. The lowest BCUT2D eigenvalue weighted by atomic mass is 9.96. The smallest absolute Gasteiger partial charge is 0.273 e. The van der Waals surface area contributed by atoms with Crippen molar-refractivity contribution in [3.63, 3.8) is 0 Å². The summed E-state index contributed by atoms with van der Waals surface area (Å²) >= 11 is 6.09. The fourth-order valence-electron chi connectivity index (χ4n) is 5.54. The highest BCUT2D eigenvalue weighted by molar-refractivity contribution is 6.30. The lowest BCUT2D eigenvalue weighted by Gasteiger charge is -2.11. The van der Waals surface area contributed by atoms with Gasteiger partial charge in [-0.1, -0.05) is 42.8 Å². The van der Waals surface area contributed by atoms with E-state index in [0.717, 1.165) is 66.0 Å². The number of halogens is 1. The number of nitrogens with zero attached hydrogens (tertiary/aromatic N) is 2. The van der Waals surface area contributed by atoms with E-state index < -0.39 is 0 Å². The van der Waals surface area contributed by atoms with Crippen molar-refractivity contribution in [2.75, 3.05) is 12.4 Å². The molecule has 3 aromatic carbocycles. The van der Waals surface area contributed by atoms with Gasteiger partial charge in [-0.15, -0.1) is 0 Å². The molecule has 0 spiro atoms. The molecular weight excluding hydrogens is 494 g/mol. The zero-order valence-electron chi connectivity index (χ0n) is 21.6. The van der Waals surface area contributed by atoms with Crippen LogP contribution in [-0.2, 0) is 19.4 Å². The lowest BCUT2D eigenvalue weighted by Crippen LogP contribution is -2.15. The third kappa shape index (κ3) is 4.27. The van der Waals surface area contributed by atoms with Gasteiger partial charge in [-0.3, -0.25) is 9.20 Å². The van der Waals surface area contributed by atoms with Crippen LogP contribution in [0.2, 0.25) is 5.02 Å². The van der Waals surface area contributed by atoms with Crippen molar-refractivity contribution in [3.8, 4) is 28.1 Å². The number of aryl methyl sites for hydroxylation is 3. The number of anilines is 1. The highest BCUT2D eigenvalue weighted by atomic mass is 35.5. The Morgan fingerprint density at radius 1 is 0.947 bits per heavy atom. The number of amides is 1. The van der Waals surface area contributed by atoms with Gasteiger partial charge < -0.3 is 14.6 Å². The van der Waals surface area contributed by atoms with Crippen molar-refractivity contribution in [1.29, 1.82) is 0 Å².